The third kappa shape index (κ3) is 2.28. The fraction of sp³-hybridized carbons (Fsp3) is 0.800. The van der Waals surface area contributed by atoms with Crippen LogP contribution in [0.4, 0.5) is 0 Å². The van der Waals surface area contributed by atoms with Crippen LogP contribution in [0.15, 0.2) is 0 Å². The highest BCUT2D eigenvalue weighted by molar-refractivity contribution is 5.88. The summed E-state index contributed by atoms with van der Waals surface area (Å²) in [6.07, 6.45) is 1.29. The Kier molecular flexibility index (Phi) is 3.68. The molecule has 1 aliphatic heterocycles. The third-order valence-corrected chi connectivity index (χ3v) is 3.05. The first kappa shape index (κ1) is 12.0. The first-order valence-electron chi connectivity index (χ1n) is 5.27. The standard InChI is InChI=1S/C10H18N2O3/c1-3-6(2)8(10(14)15)12-5-4-7(11)9(12)13/h6-8H,3-5,11H2,1-2H3,(H,14,15)/t6-,7+,8-/m0/s1. The summed E-state index contributed by atoms with van der Waals surface area (Å²) in [5, 5.41) is 9.10. The molecule has 0 bridgehead atoms. The van der Waals surface area contributed by atoms with Crippen LogP contribution in [0.3, 0.4) is 0 Å². The van der Waals surface area contributed by atoms with Crippen molar-refractivity contribution in [1.29, 1.82) is 0 Å². The first-order valence-corrected chi connectivity index (χ1v) is 5.27. The number of aliphatic carboxylic acids is 1. The molecule has 0 aromatic carbocycles. The highest BCUT2D eigenvalue weighted by Gasteiger charge is 2.39. The second-order valence-electron chi connectivity index (χ2n) is 4.10. The molecule has 1 amide bonds. The molecule has 5 nitrogen and oxygen atoms in total. The van der Waals surface area contributed by atoms with Crippen LogP contribution >= 0.6 is 0 Å². The van der Waals surface area contributed by atoms with E-state index < -0.39 is 18.1 Å². The largest absolute Gasteiger partial charge is 0.480 e. The van der Waals surface area contributed by atoms with E-state index in [2.05, 4.69) is 0 Å². The van der Waals surface area contributed by atoms with Crippen LogP contribution in [0.2, 0.25) is 0 Å². The highest BCUT2D eigenvalue weighted by atomic mass is 16.4. The Morgan fingerprint density at radius 3 is 2.67 bits per heavy atom. The molecule has 0 aliphatic carbocycles. The fourth-order valence-corrected chi connectivity index (χ4v) is 1.91. The van der Waals surface area contributed by atoms with Gasteiger partial charge in [0, 0.05) is 6.54 Å². The monoisotopic (exact) mass is 214 g/mol. The van der Waals surface area contributed by atoms with Crippen molar-refractivity contribution in [3.63, 3.8) is 0 Å². The molecule has 3 atom stereocenters. The molecule has 0 unspecified atom stereocenters. The quantitative estimate of drug-likeness (QED) is 0.692. The van der Waals surface area contributed by atoms with Gasteiger partial charge in [-0.3, -0.25) is 4.79 Å². The average molecular weight is 214 g/mol. The van der Waals surface area contributed by atoms with Crippen molar-refractivity contribution in [3.05, 3.63) is 0 Å². The number of rotatable bonds is 4. The van der Waals surface area contributed by atoms with Crippen LogP contribution < -0.4 is 5.73 Å². The van der Waals surface area contributed by atoms with E-state index in [1.165, 1.54) is 4.90 Å². The number of likely N-dealkylation sites (tertiary alicyclic amines) is 1. The van der Waals surface area contributed by atoms with E-state index in [1.807, 2.05) is 13.8 Å². The van der Waals surface area contributed by atoms with Gasteiger partial charge in [-0.2, -0.15) is 0 Å². The Balaban J connectivity index is 2.81. The highest BCUT2D eigenvalue weighted by Crippen LogP contribution is 2.20. The van der Waals surface area contributed by atoms with Crippen LogP contribution in [-0.4, -0.2) is 40.5 Å². The van der Waals surface area contributed by atoms with Crippen LogP contribution in [0.25, 0.3) is 0 Å². The Morgan fingerprint density at radius 2 is 2.33 bits per heavy atom. The van der Waals surface area contributed by atoms with Crippen molar-refractivity contribution >= 4 is 11.9 Å². The van der Waals surface area contributed by atoms with Gasteiger partial charge in [-0.15, -0.1) is 0 Å². The van der Waals surface area contributed by atoms with Gasteiger partial charge in [-0.05, 0) is 12.3 Å². The zero-order valence-electron chi connectivity index (χ0n) is 9.14. The molecule has 1 aliphatic rings. The Hall–Kier alpha value is -1.10. The van der Waals surface area contributed by atoms with Gasteiger partial charge in [-0.25, -0.2) is 4.79 Å². The second-order valence-corrected chi connectivity index (χ2v) is 4.10. The van der Waals surface area contributed by atoms with Gasteiger partial charge in [0.25, 0.3) is 0 Å². The number of carboxylic acid groups (broad SMARTS) is 1. The van der Waals surface area contributed by atoms with E-state index >= 15 is 0 Å². The lowest BCUT2D eigenvalue weighted by molar-refractivity contribution is -0.150. The SMILES string of the molecule is CC[C@H](C)[C@@H](C(=O)O)N1CC[C@@H](N)C1=O. The topological polar surface area (TPSA) is 83.6 Å². The van der Waals surface area contributed by atoms with E-state index in [0.717, 1.165) is 6.42 Å². The number of carbonyl (C=O) groups is 2. The Labute approximate surface area is 89.2 Å². The average Bonchev–Trinajstić information content (AvgIpc) is 2.49. The zero-order valence-corrected chi connectivity index (χ0v) is 9.14. The van der Waals surface area contributed by atoms with E-state index in [1.54, 1.807) is 0 Å². The van der Waals surface area contributed by atoms with Gasteiger partial charge in [0.2, 0.25) is 5.91 Å². The van der Waals surface area contributed by atoms with E-state index in [4.69, 9.17) is 10.8 Å². The summed E-state index contributed by atoms with van der Waals surface area (Å²) in [7, 11) is 0. The molecule has 0 radical (unpaired) electrons. The lowest BCUT2D eigenvalue weighted by atomic mass is 9.98. The van der Waals surface area contributed by atoms with Gasteiger partial charge in [0.1, 0.15) is 6.04 Å². The number of nitrogens with zero attached hydrogens (tertiary/aromatic N) is 1. The van der Waals surface area contributed by atoms with Gasteiger partial charge >= 0.3 is 5.97 Å². The molecule has 0 saturated carbocycles. The maximum atomic E-state index is 11.6. The molecule has 1 saturated heterocycles. The number of carboxylic acids is 1. The molecular weight excluding hydrogens is 196 g/mol. The Morgan fingerprint density at radius 1 is 1.73 bits per heavy atom. The van der Waals surface area contributed by atoms with Crippen molar-refractivity contribution < 1.29 is 14.7 Å². The summed E-state index contributed by atoms with van der Waals surface area (Å²) in [6, 6.07) is -1.24. The van der Waals surface area contributed by atoms with Gasteiger partial charge < -0.3 is 15.7 Å². The zero-order chi connectivity index (χ0) is 11.6. The van der Waals surface area contributed by atoms with Gasteiger partial charge in [0.15, 0.2) is 0 Å². The molecule has 3 N–H and O–H groups in total. The minimum absolute atomic E-state index is 0.0447. The van der Waals surface area contributed by atoms with Crippen LogP contribution in [0.1, 0.15) is 26.7 Å². The lowest BCUT2D eigenvalue weighted by Crippen LogP contribution is -2.48. The normalized spacial score (nSPS) is 25.4. The van der Waals surface area contributed by atoms with Crippen molar-refractivity contribution in [2.24, 2.45) is 11.7 Å². The van der Waals surface area contributed by atoms with Crippen LogP contribution in [0.5, 0.6) is 0 Å². The third-order valence-electron chi connectivity index (χ3n) is 3.05. The smallest absolute Gasteiger partial charge is 0.326 e. The number of hydrogen-bond donors (Lipinski definition) is 2. The molecule has 1 heterocycles. The molecule has 0 aromatic heterocycles. The Bertz CT molecular complexity index is 267. The van der Waals surface area contributed by atoms with Crippen molar-refractivity contribution in [3.8, 4) is 0 Å². The predicted octanol–water partition coefficient (Wildman–Crippen LogP) is 0.0453. The van der Waals surface area contributed by atoms with Crippen molar-refractivity contribution in [2.45, 2.75) is 38.8 Å². The minimum atomic E-state index is -0.938. The molecular formula is C10H18N2O3. The van der Waals surface area contributed by atoms with Gasteiger partial charge in [0.05, 0.1) is 6.04 Å². The summed E-state index contributed by atoms with van der Waals surface area (Å²) >= 11 is 0. The van der Waals surface area contributed by atoms with Gasteiger partial charge in [-0.1, -0.05) is 20.3 Å². The number of hydrogen-bond acceptors (Lipinski definition) is 3. The maximum Gasteiger partial charge on any atom is 0.326 e. The van der Waals surface area contributed by atoms with E-state index in [-0.39, 0.29) is 11.8 Å². The molecule has 1 rings (SSSR count). The molecule has 86 valence electrons. The maximum absolute atomic E-state index is 11.6. The molecule has 0 spiro atoms. The van der Waals surface area contributed by atoms with Crippen LogP contribution in [0, 0.1) is 5.92 Å². The first-order chi connectivity index (χ1) is 6.99. The molecule has 15 heavy (non-hydrogen) atoms. The number of amides is 1. The fourth-order valence-electron chi connectivity index (χ4n) is 1.91. The summed E-state index contributed by atoms with van der Waals surface area (Å²) in [5.74, 6) is -1.22. The van der Waals surface area contributed by atoms with Crippen molar-refractivity contribution in [2.75, 3.05) is 6.54 Å². The van der Waals surface area contributed by atoms with Crippen molar-refractivity contribution in [1.82, 2.24) is 4.90 Å². The predicted molar refractivity (Wildman–Crippen MR) is 55.2 cm³/mol. The summed E-state index contributed by atoms with van der Waals surface area (Å²) in [6.45, 7) is 4.22. The summed E-state index contributed by atoms with van der Waals surface area (Å²) in [5.41, 5.74) is 5.56. The summed E-state index contributed by atoms with van der Waals surface area (Å²) < 4.78 is 0. The molecule has 5 heteroatoms. The minimum Gasteiger partial charge on any atom is -0.480 e. The molecule has 1 fully saturated rings. The van der Waals surface area contributed by atoms with E-state index in [9.17, 15) is 9.59 Å². The second kappa shape index (κ2) is 4.61. The number of nitrogens with two attached hydrogens (primary N) is 1. The summed E-state index contributed by atoms with van der Waals surface area (Å²) in [4.78, 5) is 24.1. The van der Waals surface area contributed by atoms with Crippen LogP contribution in [-0.2, 0) is 9.59 Å². The molecule has 0 aromatic rings. The lowest BCUT2D eigenvalue weighted by Gasteiger charge is -2.28. The van der Waals surface area contributed by atoms with E-state index in [0.29, 0.717) is 13.0 Å². The number of carbonyl (C=O) groups excluding carboxylic acids is 1.